The van der Waals surface area contributed by atoms with Gasteiger partial charge in [0.2, 0.25) is 5.69 Å². The summed E-state index contributed by atoms with van der Waals surface area (Å²) in [5, 5.41) is 9.96. The molecule has 0 amide bonds. The molecule has 100 valence electrons. The van der Waals surface area contributed by atoms with Gasteiger partial charge in [0.15, 0.2) is 5.76 Å². The highest BCUT2D eigenvalue weighted by molar-refractivity contribution is 5.97. The summed E-state index contributed by atoms with van der Waals surface area (Å²) in [7, 11) is 3.17. The van der Waals surface area contributed by atoms with Crippen LogP contribution in [-0.4, -0.2) is 29.8 Å². The number of hydrogen-bond donors (Lipinski definition) is 2. The molecule has 0 fully saturated rings. The van der Waals surface area contributed by atoms with Crippen molar-refractivity contribution in [2.45, 2.75) is 6.42 Å². The Hall–Kier alpha value is -2.11. The van der Waals surface area contributed by atoms with E-state index in [9.17, 15) is 5.11 Å². The minimum Gasteiger partial charge on any atom is -0.502 e. The minimum atomic E-state index is 0.205. The minimum absolute atomic E-state index is 0.205. The molecule has 5 heteroatoms. The van der Waals surface area contributed by atoms with E-state index in [0.717, 1.165) is 11.4 Å². The van der Waals surface area contributed by atoms with E-state index in [1.807, 2.05) is 36.4 Å². The number of nitrogens with two attached hydrogens (primary N) is 1. The van der Waals surface area contributed by atoms with E-state index in [0.29, 0.717) is 12.1 Å². The fraction of sp³-hybridized carbons (Fsp3) is 0.214. The largest absolute Gasteiger partial charge is 0.502 e. The van der Waals surface area contributed by atoms with E-state index < -0.39 is 0 Å². The van der Waals surface area contributed by atoms with E-state index in [-0.39, 0.29) is 5.76 Å². The maximum atomic E-state index is 9.96. The first-order chi connectivity index (χ1) is 9.27. The van der Waals surface area contributed by atoms with Crippen LogP contribution in [0.3, 0.4) is 0 Å². The number of hydrogen-bond acceptors (Lipinski definition) is 3. The zero-order valence-electron chi connectivity index (χ0n) is 11.0. The van der Waals surface area contributed by atoms with Gasteiger partial charge in [0.25, 0.3) is 5.71 Å². The third-order valence-corrected chi connectivity index (χ3v) is 2.83. The summed E-state index contributed by atoms with van der Waals surface area (Å²) in [5.41, 5.74) is 4.03. The Bertz CT molecular complexity index is 547. The first-order valence-corrected chi connectivity index (χ1v) is 5.99. The van der Waals surface area contributed by atoms with Gasteiger partial charge in [-0.15, -0.1) is 0 Å². The molecule has 1 aromatic rings. The van der Waals surface area contributed by atoms with Gasteiger partial charge in [-0.25, -0.2) is 4.84 Å². The fourth-order valence-corrected chi connectivity index (χ4v) is 1.98. The lowest BCUT2D eigenvalue weighted by molar-refractivity contribution is -0.835. The normalized spacial score (nSPS) is 17.1. The average Bonchev–Trinajstić information content (AvgIpc) is 2.44. The molecule has 0 atom stereocenters. The van der Waals surface area contributed by atoms with Gasteiger partial charge in [0, 0.05) is 16.9 Å². The van der Waals surface area contributed by atoms with Crippen molar-refractivity contribution in [3.05, 3.63) is 48.3 Å². The molecular formula is C14H18N2O3+2. The van der Waals surface area contributed by atoms with E-state index in [4.69, 9.17) is 9.68 Å². The summed E-state index contributed by atoms with van der Waals surface area (Å²) < 4.78 is 1.61. The van der Waals surface area contributed by atoms with E-state index in [1.54, 1.807) is 30.5 Å². The second-order valence-corrected chi connectivity index (χ2v) is 4.02. The van der Waals surface area contributed by atoms with Gasteiger partial charge in [0.1, 0.15) is 7.11 Å². The molecule has 1 aliphatic rings. The number of benzene rings is 1. The van der Waals surface area contributed by atoms with Gasteiger partial charge in [-0.1, -0.05) is 24.3 Å². The van der Waals surface area contributed by atoms with Crippen LogP contribution in [0.4, 0.5) is 11.4 Å². The fourth-order valence-electron chi connectivity index (χ4n) is 1.98. The highest BCUT2D eigenvalue weighted by Crippen LogP contribution is 2.22. The van der Waals surface area contributed by atoms with Crippen LogP contribution in [0.25, 0.3) is 0 Å². The topological polar surface area (TPSA) is 58.3 Å². The maximum absolute atomic E-state index is 9.96. The third-order valence-electron chi connectivity index (χ3n) is 2.83. The zero-order valence-corrected chi connectivity index (χ0v) is 11.0. The first kappa shape index (κ1) is 13.3. The number of rotatable bonds is 4. The predicted octanol–water partition coefficient (Wildman–Crippen LogP) is 1.49. The van der Waals surface area contributed by atoms with Gasteiger partial charge >= 0.3 is 5.69 Å². The molecular weight excluding hydrogens is 244 g/mol. The molecule has 0 heterocycles. The zero-order chi connectivity index (χ0) is 13.7. The van der Waals surface area contributed by atoms with Crippen LogP contribution >= 0.6 is 0 Å². The smallest absolute Gasteiger partial charge is 0.320 e. The first-order valence-electron chi connectivity index (χ1n) is 5.99. The molecule has 5 nitrogen and oxygen atoms in total. The molecule has 19 heavy (non-hydrogen) atoms. The van der Waals surface area contributed by atoms with Crippen molar-refractivity contribution < 1.29 is 25.0 Å². The van der Waals surface area contributed by atoms with Gasteiger partial charge < -0.3 is 5.11 Å². The van der Waals surface area contributed by atoms with Crippen LogP contribution < -0.4 is 5.48 Å². The molecule has 1 aromatic carbocycles. The molecule has 0 unspecified atom stereocenters. The van der Waals surface area contributed by atoms with Crippen LogP contribution in [0.2, 0.25) is 0 Å². The SMILES string of the molecule is CO[NH2+]c1ccccc1/[N+](OC)=C1\CC=CC=C1O. The second-order valence-electron chi connectivity index (χ2n) is 4.02. The van der Waals surface area contributed by atoms with Crippen molar-refractivity contribution in [3.63, 3.8) is 0 Å². The lowest BCUT2D eigenvalue weighted by Gasteiger charge is -2.07. The van der Waals surface area contributed by atoms with Crippen LogP contribution in [0.5, 0.6) is 0 Å². The van der Waals surface area contributed by atoms with Crippen molar-refractivity contribution in [2.75, 3.05) is 14.2 Å². The highest BCUT2D eigenvalue weighted by Gasteiger charge is 2.28. The number of aliphatic hydroxyl groups excluding tert-OH is 1. The summed E-state index contributed by atoms with van der Waals surface area (Å²) in [4.78, 5) is 10.5. The molecule has 0 saturated heterocycles. The molecule has 0 bridgehead atoms. The predicted molar refractivity (Wildman–Crippen MR) is 71.4 cm³/mol. The average molecular weight is 262 g/mol. The van der Waals surface area contributed by atoms with Crippen LogP contribution in [0, 0.1) is 0 Å². The number of quaternary nitrogens is 1. The van der Waals surface area contributed by atoms with E-state index in [1.165, 1.54) is 0 Å². The Morgan fingerprint density at radius 3 is 2.74 bits per heavy atom. The van der Waals surface area contributed by atoms with Crippen LogP contribution in [-0.2, 0) is 9.68 Å². The van der Waals surface area contributed by atoms with Gasteiger partial charge in [0.05, 0.1) is 13.5 Å². The Labute approximate surface area is 112 Å². The second kappa shape index (κ2) is 6.17. The monoisotopic (exact) mass is 262 g/mol. The van der Waals surface area contributed by atoms with Crippen LogP contribution in [0.1, 0.15) is 6.42 Å². The van der Waals surface area contributed by atoms with Gasteiger partial charge in [-0.2, -0.15) is 5.48 Å². The number of aliphatic hydroxyl groups is 1. The molecule has 0 aliphatic heterocycles. The molecule has 0 saturated carbocycles. The van der Waals surface area contributed by atoms with Gasteiger partial charge in [-0.05, 0) is 6.08 Å². The Morgan fingerprint density at radius 1 is 1.26 bits per heavy atom. The number of allylic oxidation sites excluding steroid dienone is 4. The lowest BCUT2D eigenvalue weighted by Crippen LogP contribution is -2.76. The van der Waals surface area contributed by atoms with Crippen molar-refractivity contribution in [2.24, 2.45) is 0 Å². The lowest BCUT2D eigenvalue weighted by atomic mass is 10.1. The Morgan fingerprint density at radius 2 is 2.05 bits per heavy atom. The number of nitrogens with zero attached hydrogens (tertiary/aromatic N) is 1. The Kier molecular flexibility index (Phi) is 4.33. The van der Waals surface area contributed by atoms with Crippen molar-refractivity contribution in [1.29, 1.82) is 0 Å². The summed E-state index contributed by atoms with van der Waals surface area (Å²) in [6.45, 7) is 0. The summed E-state index contributed by atoms with van der Waals surface area (Å²) in [6, 6.07) is 7.66. The molecule has 0 radical (unpaired) electrons. The van der Waals surface area contributed by atoms with Crippen LogP contribution in [0.15, 0.2) is 48.3 Å². The van der Waals surface area contributed by atoms with E-state index >= 15 is 0 Å². The summed E-state index contributed by atoms with van der Waals surface area (Å²) in [5.74, 6) is 0.205. The van der Waals surface area contributed by atoms with Crippen molar-refractivity contribution in [1.82, 2.24) is 0 Å². The molecule has 0 aromatic heterocycles. The summed E-state index contributed by atoms with van der Waals surface area (Å²) >= 11 is 0. The quantitative estimate of drug-likeness (QED) is 0.491. The molecule has 3 N–H and O–H groups in total. The van der Waals surface area contributed by atoms with Gasteiger partial charge in [-0.3, -0.25) is 4.84 Å². The Balaban J connectivity index is 2.51. The van der Waals surface area contributed by atoms with Crippen molar-refractivity contribution >= 4 is 17.1 Å². The standard InChI is InChI=1S/C14H16N2O3/c1-18-15-11-7-3-4-8-12(11)16(19-2)13-9-5-6-10-14(13)17/h3-8,10,15H,9H2,1-2H3/p+2/b16-13-. The molecule has 2 rings (SSSR count). The van der Waals surface area contributed by atoms with E-state index in [2.05, 4.69) is 0 Å². The third kappa shape index (κ3) is 2.83. The highest BCUT2D eigenvalue weighted by atomic mass is 16.7. The maximum Gasteiger partial charge on any atom is 0.320 e. The van der Waals surface area contributed by atoms with Crippen molar-refractivity contribution in [3.8, 4) is 0 Å². The summed E-state index contributed by atoms with van der Waals surface area (Å²) in [6.07, 6.45) is 6.04. The number of para-hydroxylation sites is 1. The molecule has 1 aliphatic carbocycles. The molecule has 0 spiro atoms.